The molecule has 12 aromatic rings. The Morgan fingerprint density at radius 1 is 0.232 bits per heavy atom. The third-order valence-electron chi connectivity index (χ3n) is 14.0. The fourth-order valence-electron chi connectivity index (χ4n) is 10.8. The first-order chi connectivity index (χ1) is 34.2. The van der Waals surface area contributed by atoms with E-state index in [1.165, 1.54) is 66.2 Å². The molecule has 11 aromatic carbocycles. The predicted octanol–water partition coefficient (Wildman–Crippen LogP) is 16.5. The van der Waals surface area contributed by atoms with Gasteiger partial charge in [0.05, 0.1) is 5.41 Å². The molecule has 0 saturated carbocycles. The summed E-state index contributed by atoms with van der Waals surface area (Å²) < 4.78 is 0. The minimum Gasteiger partial charge on any atom is -0.208 e. The second-order valence-electron chi connectivity index (χ2n) is 17.9. The Hall–Kier alpha value is -9.05. The van der Waals surface area contributed by atoms with E-state index in [9.17, 15) is 0 Å². The summed E-state index contributed by atoms with van der Waals surface area (Å²) in [7, 11) is 0. The summed E-state index contributed by atoms with van der Waals surface area (Å²) >= 11 is 0. The predicted molar refractivity (Wildman–Crippen MR) is 285 cm³/mol. The number of fused-ring (bicyclic) bond motifs is 5. The Bertz CT molecular complexity index is 3840. The van der Waals surface area contributed by atoms with Gasteiger partial charge in [0, 0.05) is 16.7 Å². The summed E-state index contributed by atoms with van der Waals surface area (Å²) in [6.45, 7) is 0. The van der Waals surface area contributed by atoms with E-state index in [1.54, 1.807) is 0 Å². The van der Waals surface area contributed by atoms with Gasteiger partial charge in [-0.15, -0.1) is 0 Å². The maximum atomic E-state index is 5.13. The lowest BCUT2D eigenvalue weighted by molar-refractivity contribution is 0.769. The Morgan fingerprint density at radius 2 is 0.739 bits per heavy atom. The number of hydrogen-bond acceptors (Lipinski definition) is 3. The highest BCUT2D eigenvalue weighted by Gasteiger charge is 2.46. The van der Waals surface area contributed by atoms with Crippen LogP contribution in [-0.2, 0) is 5.41 Å². The molecule has 0 fully saturated rings. The van der Waals surface area contributed by atoms with Crippen molar-refractivity contribution in [2.24, 2.45) is 0 Å². The molecular formula is C66H43N3. The van der Waals surface area contributed by atoms with Crippen LogP contribution in [0.4, 0.5) is 0 Å². The van der Waals surface area contributed by atoms with Crippen molar-refractivity contribution in [1.29, 1.82) is 0 Å². The number of nitrogens with zero attached hydrogens (tertiary/aromatic N) is 3. The molecule has 1 heterocycles. The van der Waals surface area contributed by atoms with Crippen LogP contribution in [0.25, 0.3) is 100 Å². The molecule has 3 nitrogen and oxygen atoms in total. The molecule has 0 spiro atoms. The van der Waals surface area contributed by atoms with Crippen molar-refractivity contribution >= 4 is 21.5 Å². The van der Waals surface area contributed by atoms with E-state index in [1.807, 2.05) is 18.2 Å². The quantitative estimate of drug-likeness (QED) is 0.153. The molecule has 0 aliphatic heterocycles. The van der Waals surface area contributed by atoms with E-state index >= 15 is 0 Å². The van der Waals surface area contributed by atoms with Crippen LogP contribution in [0.3, 0.4) is 0 Å². The zero-order valence-electron chi connectivity index (χ0n) is 37.7. The third-order valence-corrected chi connectivity index (χ3v) is 14.0. The average molecular weight is 878 g/mol. The highest BCUT2D eigenvalue weighted by molar-refractivity contribution is 6.03. The van der Waals surface area contributed by atoms with Crippen LogP contribution < -0.4 is 0 Å². The van der Waals surface area contributed by atoms with Crippen LogP contribution in [0.1, 0.15) is 22.3 Å². The van der Waals surface area contributed by atoms with E-state index in [0.717, 1.165) is 38.8 Å². The van der Waals surface area contributed by atoms with Gasteiger partial charge >= 0.3 is 0 Å². The van der Waals surface area contributed by atoms with Gasteiger partial charge in [-0.05, 0) is 113 Å². The minimum atomic E-state index is -0.523. The SMILES string of the molecule is c1ccc(-c2nc(-c3cccc(-c4ccc(-c5cc6c(cc5-c5cccc7ccccc57)-c5ccccc5C6(c5ccccc5)c5ccccc5)cc4)c3)nc(-c3ccc4ccccc4c3)n2)cc1. The van der Waals surface area contributed by atoms with Gasteiger partial charge in [0.15, 0.2) is 17.5 Å². The number of aromatic nitrogens is 3. The Balaban J connectivity index is 0.963. The fourth-order valence-corrected chi connectivity index (χ4v) is 10.8. The van der Waals surface area contributed by atoms with E-state index in [0.29, 0.717) is 17.5 Å². The zero-order valence-corrected chi connectivity index (χ0v) is 37.7. The smallest absolute Gasteiger partial charge is 0.164 e. The summed E-state index contributed by atoms with van der Waals surface area (Å²) in [5, 5.41) is 4.77. The first-order valence-corrected chi connectivity index (χ1v) is 23.6. The minimum absolute atomic E-state index is 0.523. The van der Waals surface area contributed by atoms with Gasteiger partial charge in [-0.3, -0.25) is 0 Å². The first-order valence-electron chi connectivity index (χ1n) is 23.6. The van der Waals surface area contributed by atoms with Crippen LogP contribution in [-0.4, -0.2) is 15.0 Å². The van der Waals surface area contributed by atoms with Crippen molar-refractivity contribution in [3.8, 4) is 78.7 Å². The molecule has 0 N–H and O–H groups in total. The highest BCUT2D eigenvalue weighted by atomic mass is 15.0. The molecule has 13 rings (SSSR count). The Kier molecular flexibility index (Phi) is 9.73. The van der Waals surface area contributed by atoms with Gasteiger partial charge in [-0.2, -0.15) is 0 Å². The van der Waals surface area contributed by atoms with Crippen LogP contribution in [0, 0.1) is 0 Å². The van der Waals surface area contributed by atoms with Crippen molar-refractivity contribution in [2.45, 2.75) is 5.41 Å². The monoisotopic (exact) mass is 877 g/mol. The first kappa shape index (κ1) is 40.2. The largest absolute Gasteiger partial charge is 0.208 e. The molecule has 322 valence electrons. The molecule has 0 saturated heterocycles. The Morgan fingerprint density at radius 3 is 1.48 bits per heavy atom. The van der Waals surface area contributed by atoms with Crippen LogP contribution in [0.2, 0.25) is 0 Å². The molecule has 0 amide bonds. The lowest BCUT2D eigenvalue weighted by Crippen LogP contribution is -2.28. The standard InChI is InChI=1S/C66H43N3/c1-4-20-48(21-5-1)63-67-64(69-65(68-63)52-39-36-44-18-10-11-22-49(44)41-52)51-25-16-24-50(40-51)45-34-37-47(38-35-45)58-43-62-60(42-59(58)56-32-17-23-46-19-12-13-30-55(46)56)57-31-14-15-33-61(57)66(62,53-26-6-2-7-27-53)54-28-8-3-9-29-54/h1-43H. The lowest BCUT2D eigenvalue weighted by atomic mass is 9.67. The van der Waals surface area contributed by atoms with E-state index in [4.69, 9.17) is 15.0 Å². The number of hydrogen-bond donors (Lipinski definition) is 0. The van der Waals surface area contributed by atoms with Crippen LogP contribution in [0.15, 0.2) is 261 Å². The molecule has 3 heteroatoms. The number of benzene rings is 11. The van der Waals surface area contributed by atoms with Crippen molar-refractivity contribution in [2.75, 3.05) is 0 Å². The molecule has 1 aliphatic carbocycles. The van der Waals surface area contributed by atoms with Gasteiger partial charge < -0.3 is 0 Å². The molecule has 0 unspecified atom stereocenters. The fraction of sp³-hybridized carbons (Fsp3) is 0.0152. The average Bonchev–Trinajstić information content (AvgIpc) is 3.73. The molecule has 0 radical (unpaired) electrons. The van der Waals surface area contributed by atoms with Gasteiger partial charge in [-0.1, -0.05) is 237 Å². The Labute approximate surface area is 401 Å². The summed E-state index contributed by atoms with van der Waals surface area (Å²) in [5.41, 5.74) is 16.9. The molecular weight excluding hydrogens is 835 g/mol. The normalized spacial score (nSPS) is 12.5. The van der Waals surface area contributed by atoms with Crippen molar-refractivity contribution in [1.82, 2.24) is 15.0 Å². The summed E-state index contributed by atoms with van der Waals surface area (Å²) in [5.74, 6) is 1.91. The lowest BCUT2D eigenvalue weighted by Gasteiger charge is -2.34. The zero-order chi connectivity index (χ0) is 45.7. The van der Waals surface area contributed by atoms with Crippen molar-refractivity contribution in [3.05, 3.63) is 283 Å². The van der Waals surface area contributed by atoms with E-state index < -0.39 is 5.41 Å². The molecule has 1 aromatic heterocycles. The second-order valence-corrected chi connectivity index (χ2v) is 17.9. The van der Waals surface area contributed by atoms with E-state index in [2.05, 4.69) is 243 Å². The summed E-state index contributed by atoms with van der Waals surface area (Å²) in [4.78, 5) is 15.2. The van der Waals surface area contributed by atoms with Crippen molar-refractivity contribution in [3.63, 3.8) is 0 Å². The molecule has 0 bridgehead atoms. The number of rotatable bonds is 8. The summed E-state index contributed by atoms with van der Waals surface area (Å²) in [6.07, 6.45) is 0. The van der Waals surface area contributed by atoms with Gasteiger partial charge in [0.25, 0.3) is 0 Å². The maximum absolute atomic E-state index is 5.13. The van der Waals surface area contributed by atoms with Crippen molar-refractivity contribution < 1.29 is 0 Å². The van der Waals surface area contributed by atoms with E-state index in [-0.39, 0.29) is 0 Å². The molecule has 0 atom stereocenters. The van der Waals surface area contributed by atoms with Gasteiger partial charge in [0.1, 0.15) is 0 Å². The highest BCUT2D eigenvalue weighted by Crippen LogP contribution is 2.58. The molecule has 69 heavy (non-hydrogen) atoms. The maximum Gasteiger partial charge on any atom is 0.164 e. The van der Waals surface area contributed by atoms with Gasteiger partial charge in [0.2, 0.25) is 0 Å². The van der Waals surface area contributed by atoms with Gasteiger partial charge in [-0.25, -0.2) is 15.0 Å². The second kappa shape index (κ2) is 16.7. The third kappa shape index (κ3) is 6.86. The molecule has 1 aliphatic rings. The summed E-state index contributed by atoms with van der Waals surface area (Å²) in [6, 6.07) is 94.1. The van der Waals surface area contributed by atoms with Crippen LogP contribution in [0.5, 0.6) is 0 Å². The van der Waals surface area contributed by atoms with Crippen LogP contribution >= 0.6 is 0 Å². The topological polar surface area (TPSA) is 38.7 Å².